The number of anilines is 2. The molecular weight excluding hydrogens is 338 g/mol. The number of hydrogen-bond acceptors (Lipinski definition) is 7. The standard InChI is InChI=1S/C18H17N3O3S/c1-23-14-5-3-7-16(11-14)25-17-8-9-19-18(21-17)20-13-4-2-6-15(10-13)24-12-22/h2-11,22H,12H2,1H3,(H,19,20,21). The van der Waals surface area contributed by atoms with Crippen LogP contribution in [0.3, 0.4) is 0 Å². The summed E-state index contributed by atoms with van der Waals surface area (Å²) in [5.41, 5.74) is 0.773. The molecule has 1 aromatic heterocycles. The SMILES string of the molecule is COc1cccc(Sc2ccnc(Nc3cccc(OCO)c3)n2)c1. The van der Waals surface area contributed by atoms with E-state index in [1.807, 2.05) is 42.5 Å². The second-order valence-electron chi connectivity index (χ2n) is 4.93. The number of ether oxygens (including phenoxy) is 2. The Labute approximate surface area is 149 Å². The highest BCUT2D eigenvalue weighted by Gasteiger charge is 2.04. The van der Waals surface area contributed by atoms with E-state index in [-0.39, 0.29) is 6.79 Å². The number of aliphatic hydroxyl groups excluding tert-OH is 1. The predicted octanol–water partition coefficient (Wildman–Crippen LogP) is 3.71. The minimum absolute atomic E-state index is 0.368. The zero-order valence-electron chi connectivity index (χ0n) is 13.5. The van der Waals surface area contributed by atoms with E-state index in [0.29, 0.717) is 11.7 Å². The lowest BCUT2D eigenvalue weighted by atomic mass is 10.3. The Morgan fingerprint density at radius 2 is 1.92 bits per heavy atom. The molecule has 0 aliphatic carbocycles. The minimum Gasteiger partial charge on any atom is -0.497 e. The smallest absolute Gasteiger partial charge is 0.228 e. The van der Waals surface area contributed by atoms with Crippen molar-refractivity contribution in [1.29, 1.82) is 0 Å². The summed E-state index contributed by atoms with van der Waals surface area (Å²) in [4.78, 5) is 9.77. The molecule has 0 radical (unpaired) electrons. The zero-order chi connectivity index (χ0) is 17.5. The van der Waals surface area contributed by atoms with Crippen LogP contribution in [0.25, 0.3) is 0 Å². The van der Waals surface area contributed by atoms with Gasteiger partial charge in [-0.25, -0.2) is 9.97 Å². The summed E-state index contributed by atoms with van der Waals surface area (Å²) in [7, 11) is 1.64. The first-order valence-electron chi connectivity index (χ1n) is 7.52. The van der Waals surface area contributed by atoms with Crippen molar-refractivity contribution in [2.24, 2.45) is 0 Å². The van der Waals surface area contributed by atoms with Crippen LogP contribution < -0.4 is 14.8 Å². The van der Waals surface area contributed by atoms with Crippen molar-refractivity contribution in [2.75, 3.05) is 19.2 Å². The van der Waals surface area contributed by atoms with Gasteiger partial charge in [0, 0.05) is 22.8 Å². The van der Waals surface area contributed by atoms with Crippen LogP contribution in [-0.4, -0.2) is 29.0 Å². The van der Waals surface area contributed by atoms with Gasteiger partial charge in [0.1, 0.15) is 16.5 Å². The molecular formula is C18H17N3O3S. The van der Waals surface area contributed by atoms with E-state index >= 15 is 0 Å². The van der Waals surface area contributed by atoms with Crippen molar-refractivity contribution < 1.29 is 14.6 Å². The van der Waals surface area contributed by atoms with Gasteiger partial charge in [-0.3, -0.25) is 0 Å². The molecule has 1 heterocycles. The number of hydrogen-bond donors (Lipinski definition) is 2. The molecule has 0 saturated carbocycles. The first-order chi connectivity index (χ1) is 12.3. The lowest BCUT2D eigenvalue weighted by Gasteiger charge is -2.08. The molecule has 0 amide bonds. The molecule has 25 heavy (non-hydrogen) atoms. The monoisotopic (exact) mass is 355 g/mol. The highest BCUT2D eigenvalue weighted by atomic mass is 32.2. The molecule has 0 atom stereocenters. The quantitative estimate of drug-likeness (QED) is 0.494. The van der Waals surface area contributed by atoms with Crippen molar-refractivity contribution >= 4 is 23.4 Å². The molecule has 0 aliphatic heterocycles. The van der Waals surface area contributed by atoms with Gasteiger partial charge in [-0.2, -0.15) is 0 Å². The number of methoxy groups -OCH3 is 1. The molecule has 0 saturated heterocycles. The van der Waals surface area contributed by atoms with Crippen molar-refractivity contribution in [2.45, 2.75) is 9.92 Å². The Kier molecular flexibility index (Phi) is 5.71. The molecule has 3 rings (SSSR count). The Balaban J connectivity index is 1.74. The van der Waals surface area contributed by atoms with E-state index in [1.165, 1.54) is 11.8 Å². The van der Waals surface area contributed by atoms with Crippen LogP contribution in [0, 0.1) is 0 Å². The maximum absolute atomic E-state index is 8.84. The predicted molar refractivity (Wildman–Crippen MR) is 96.6 cm³/mol. The molecule has 0 unspecified atom stereocenters. The normalized spacial score (nSPS) is 10.3. The van der Waals surface area contributed by atoms with Gasteiger partial charge in [-0.1, -0.05) is 23.9 Å². The van der Waals surface area contributed by atoms with Crippen LogP contribution in [-0.2, 0) is 0 Å². The third-order valence-electron chi connectivity index (χ3n) is 3.22. The van der Waals surface area contributed by atoms with Crippen LogP contribution in [0.1, 0.15) is 0 Å². The van der Waals surface area contributed by atoms with Crippen LogP contribution in [0.2, 0.25) is 0 Å². The summed E-state index contributed by atoms with van der Waals surface area (Å²) >= 11 is 1.52. The fraction of sp³-hybridized carbons (Fsp3) is 0.111. The van der Waals surface area contributed by atoms with E-state index in [1.54, 1.807) is 25.4 Å². The van der Waals surface area contributed by atoms with Gasteiger partial charge in [-0.05, 0) is 36.4 Å². The van der Waals surface area contributed by atoms with Crippen LogP contribution >= 0.6 is 11.8 Å². The Morgan fingerprint density at radius 3 is 2.76 bits per heavy atom. The van der Waals surface area contributed by atoms with E-state index in [2.05, 4.69) is 15.3 Å². The summed E-state index contributed by atoms with van der Waals surface area (Å²) in [6.07, 6.45) is 1.70. The van der Waals surface area contributed by atoms with Crippen molar-refractivity contribution in [3.05, 3.63) is 60.8 Å². The fourth-order valence-electron chi connectivity index (χ4n) is 2.11. The van der Waals surface area contributed by atoms with E-state index in [9.17, 15) is 0 Å². The average molecular weight is 355 g/mol. The summed E-state index contributed by atoms with van der Waals surface area (Å²) in [6, 6.07) is 16.9. The van der Waals surface area contributed by atoms with E-state index < -0.39 is 0 Å². The van der Waals surface area contributed by atoms with E-state index in [0.717, 1.165) is 21.4 Å². The van der Waals surface area contributed by atoms with Crippen LogP contribution in [0.4, 0.5) is 11.6 Å². The number of nitrogens with one attached hydrogen (secondary N) is 1. The summed E-state index contributed by atoms with van der Waals surface area (Å²) < 4.78 is 10.3. The molecule has 0 aliphatic rings. The number of nitrogens with zero attached hydrogens (tertiary/aromatic N) is 2. The second kappa shape index (κ2) is 8.36. The zero-order valence-corrected chi connectivity index (χ0v) is 14.4. The number of aliphatic hydroxyl groups is 1. The lowest BCUT2D eigenvalue weighted by Crippen LogP contribution is -1.99. The highest BCUT2D eigenvalue weighted by Crippen LogP contribution is 2.29. The van der Waals surface area contributed by atoms with Gasteiger partial charge < -0.3 is 19.9 Å². The average Bonchev–Trinajstić information content (AvgIpc) is 2.63. The molecule has 0 spiro atoms. The summed E-state index contributed by atoms with van der Waals surface area (Å²) in [5.74, 6) is 1.85. The van der Waals surface area contributed by atoms with Crippen molar-refractivity contribution in [3.8, 4) is 11.5 Å². The van der Waals surface area contributed by atoms with Gasteiger partial charge in [0.2, 0.25) is 5.95 Å². The molecule has 0 fully saturated rings. The number of aromatic nitrogens is 2. The molecule has 0 bridgehead atoms. The topological polar surface area (TPSA) is 76.5 Å². The Hall–Kier alpha value is -2.77. The van der Waals surface area contributed by atoms with Crippen LogP contribution in [0.15, 0.2) is 70.7 Å². The number of rotatable bonds is 7. The molecule has 6 nitrogen and oxygen atoms in total. The highest BCUT2D eigenvalue weighted by molar-refractivity contribution is 7.99. The molecule has 3 aromatic rings. The van der Waals surface area contributed by atoms with E-state index in [4.69, 9.17) is 14.6 Å². The Bertz CT molecular complexity index is 845. The second-order valence-corrected chi connectivity index (χ2v) is 6.02. The summed E-state index contributed by atoms with van der Waals surface area (Å²) in [6.45, 7) is -0.368. The molecule has 2 N–H and O–H groups in total. The third kappa shape index (κ3) is 4.85. The molecule has 128 valence electrons. The largest absolute Gasteiger partial charge is 0.497 e. The summed E-state index contributed by atoms with van der Waals surface area (Å²) in [5, 5.41) is 12.8. The van der Waals surface area contributed by atoms with Crippen LogP contribution in [0.5, 0.6) is 11.5 Å². The first kappa shape index (κ1) is 17.1. The third-order valence-corrected chi connectivity index (χ3v) is 4.14. The van der Waals surface area contributed by atoms with Crippen molar-refractivity contribution in [3.63, 3.8) is 0 Å². The maximum atomic E-state index is 8.84. The molecule has 7 heteroatoms. The fourth-order valence-corrected chi connectivity index (χ4v) is 2.94. The van der Waals surface area contributed by atoms with Gasteiger partial charge in [0.15, 0.2) is 6.79 Å². The van der Waals surface area contributed by atoms with Crippen molar-refractivity contribution in [1.82, 2.24) is 9.97 Å². The Morgan fingerprint density at radius 1 is 1.08 bits per heavy atom. The first-order valence-corrected chi connectivity index (χ1v) is 8.34. The molecule has 2 aromatic carbocycles. The maximum Gasteiger partial charge on any atom is 0.228 e. The van der Waals surface area contributed by atoms with Gasteiger partial charge >= 0.3 is 0 Å². The minimum atomic E-state index is -0.368. The van der Waals surface area contributed by atoms with Gasteiger partial charge in [-0.15, -0.1) is 0 Å². The lowest BCUT2D eigenvalue weighted by molar-refractivity contribution is 0.0986. The van der Waals surface area contributed by atoms with Gasteiger partial charge in [0.25, 0.3) is 0 Å². The number of benzene rings is 2. The van der Waals surface area contributed by atoms with Gasteiger partial charge in [0.05, 0.1) is 7.11 Å².